The molecular weight excluding hydrogens is 328 g/mol. The summed E-state index contributed by atoms with van der Waals surface area (Å²) in [5.74, 6) is -0.923. The lowest BCUT2D eigenvalue weighted by atomic mass is 10.0. The molecule has 126 valence electrons. The first-order valence-corrected chi connectivity index (χ1v) is 8.26. The van der Waals surface area contributed by atoms with Crippen molar-refractivity contribution in [1.29, 1.82) is 0 Å². The Balaban J connectivity index is 2.22. The fraction of sp³-hybridized carbons (Fsp3) is 0.375. The summed E-state index contributed by atoms with van der Waals surface area (Å²) in [5, 5.41) is 8.19. The van der Waals surface area contributed by atoms with E-state index in [0.29, 0.717) is 0 Å². The molecule has 1 atom stereocenters. The number of amidine groups is 1. The Kier molecular flexibility index (Phi) is 3.67. The van der Waals surface area contributed by atoms with Crippen LogP contribution in [0.4, 0.5) is 5.69 Å². The summed E-state index contributed by atoms with van der Waals surface area (Å²) in [6, 6.07) is 3.90. The van der Waals surface area contributed by atoms with Gasteiger partial charge in [-0.15, -0.1) is 5.10 Å². The van der Waals surface area contributed by atoms with E-state index in [1.807, 2.05) is 26.0 Å². The van der Waals surface area contributed by atoms with Crippen LogP contribution in [0.2, 0.25) is 0 Å². The molecule has 3 rings (SSSR count). The van der Waals surface area contributed by atoms with Crippen LogP contribution >= 0.6 is 11.8 Å². The molecule has 0 radical (unpaired) electrons. The van der Waals surface area contributed by atoms with Crippen LogP contribution in [0.25, 0.3) is 0 Å². The van der Waals surface area contributed by atoms with Crippen molar-refractivity contribution >= 4 is 40.3 Å². The number of hydrogen-bond donors (Lipinski definition) is 1. The highest BCUT2D eigenvalue weighted by molar-refractivity contribution is 8.15. The summed E-state index contributed by atoms with van der Waals surface area (Å²) in [7, 11) is 1.69. The molecule has 1 spiro atoms. The van der Waals surface area contributed by atoms with Gasteiger partial charge < -0.3 is 10.2 Å². The molecule has 0 aromatic heterocycles. The fourth-order valence-electron chi connectivity index (χ4n) is 3.27. The minimum Gasteiger partial charge on any atom is -0.312 e. The highest BCUT2D eigenvalue weighted by Crippen LogP contribution is 2.55. The van der Waals surface area contributed by atoms with Crippen LogP contribution in [0, 0.1) is 13.8 Å². The lowest BCUT2D eigenvalue weighted by Crippen LogP contribution is -2.47. The van der Waals surface area contributed by atoms with E-state index in [9.17, 15) is 14.4 Å². The predicted molar refractivity (Wildman–Crippen MR) is 92.4 cm³/mol. The molecule has 1 N–H and O–H groups in total. The topological polar surface area (TPSA) is 82.1 Å². The third kappa shape index (κ3) is 2.13. The SMILES string of the molecule is CC(=O)NC1=NN(C(C)=O)[C@@]2(S1)C(=O)N(C)c1c(C)cc(C)cc12. The van der Waals surface area contributed by atoms with Gasteiger partial charge in [-0.05, 0) is 31.2 Å². The van der Waals surface area contributed by atoms with Crippen LogP contribution in [0.3, 0.4) is 0 Å². The van der Waals surface area contributed by atoms with Gasteiger partial charge in [-0.25, -0.2) is 0 Å². The second-order valence-corrected chi connectivity index (χ2v) is 7.19. The number of benzene rings is 1. The van der Waals surface area contributed by atoms with Gasteiger partial charge in [-0.3, -0.25) is 14.4 Å². The molecule has 0 saturated carbocycles. The summed E-state index contributed by atoms with van der Waals surface area (Å²) < 4.78 is 0. The van der Waals surface area contributed by atoms with Gasteiger partial charge in [0.25, 0.3) is 5.91 Å². The number of nitrogens with one attached hydrogen (secondary N) is 1. The molecule has 1 aromatic rings. The van der Waals surface area contributed by atoms with Crippen LogP contribution < -0.4 is 10.2 Å². The fourth-order valence-corrected chi connectivity index (χ4v) is 4.61. The smallest absolute Gasteiger partial charge is 0.270 e. The Morgan fingerprint density at radius 3 is 2.50 bits per heavy atom. The number of hydrogen-bond acceptors (Lipinski definition) is 5. The summed E-state index contributed by atoms with van der Waals surface area (Å²) in [6.45, 7) is 6.59. The monoisotopic (exact) mass is 346 g/mol. The van der Waals surface area contributed by atoms with Crippen LogP contribution in [0.1, 0.15) is 30.5 Å². The quantitative estimate of drug-likeness (QED) is 0.770. The second-order valence-electron chi connectivity index (χ2n) is 6.01. The zero-order valence-electron chi connectivity index (χ0n) is 14.1. The van der Waals surface area contributed by atoms with Crippen molar-refractivity contribution in [2.75, 3.05) is 11.9 Å². The molecule has 2 aliphatic heterocycles. The van der Waals surface area contributed by atoms with Crippen molar-refractivity contribution in [3.63, 3.8) is 0 Å². The van der Waals surface area contributed by atoms with E-state index in [-0.39, 0.29) is 22.9 Å². The van der Waals surface area contributed by atoms with Gasteiger partial charge in [0.15, 0.2) is 5.17 Å². The Hall–Kier alpha value is -2.35. The first-order valence-electron chi connectivity index (χ1n) is 7.44. The average Bonchev–Trinajstić information content (AvgIpc) is 2.92. The molecule has 0 unspecified atom stereocenters. The summed E-state index contributed by atoms with van der Waals surface area (Å²) in [4.78, 5) is 36.9. The second kappa shape index (κ2) is 5.34. The molecule has 1 aromatic carbocycles. The van der Waals surface area contributed by atoms with Crippen LogP contribution in [0.15, 0.2) is 17.2 Å². The lowest BCUT2D eigenvalue weighted by Gasteiger charge is -2.29. The van der Waals surface area contributed by atoms with Crippen LogP contribution in [-0.2, 0) is 19.3 Å². The molecule has 0 saturated heterocycles. The number of thioether (sulfide) groups is 1. The van der Waals surface area contributed by atoms with Crippen molar-refractivity contribution in [2.45, 2.75) is 32.6 Å². The highest BCUT2D eigenvalue weighted by Gasteiger charge is 2.60. The highest BCUT2D eigenvalue weighted by atomic mass is 32.2. The summed E-state index contributed by atoms with van der Waals surface area (Å²) in [6.07, 6.45) is 0. The van der Waals surface area contributed by atoms with Crippen molar-refractivity contribution in [3.05, 3.63) is 28.8 Å². The van der Waals surface area contributed by atoms with Gasteiger partial charge in [0.05, 0.1) is 5.69 Å². The molecule has 24 heavy (non-hydrogen) atoms. The molecule has 0 fully saturated rings. The Labute approximate surface area is 144 Å². The number of likely N-dealkylation sites (N-methyl/N-ethyl adjacent to an activating group) is 1. The molecule has 7 nitrogen and oxygen atoms in total. The van der Waals surface area contributed by atoms with E-state index in [2.05, 4.69) is 10.4 Å². The summed E-state index contributed by atoms with van der Waals surface area (Å²) >= 11 is 1.09. The average molecular weight is 346 g/mol. The van der Waals surface area contributed by atoms with Gasteiger partial charge in [-0.1, -0.05) is 17.7 Å². The lowest BCUT2D eigenvalue weighted by molar-refractivity contribution is -0.139. The van der Waals surface area contributed by atoms with Crippen molar-refractivity contribution in [1.82, 2.24) is 10.3 Å². The van der Waals surface area contributed by atoms with E-state index >= 15 is 0 Å². The molecule has 2 aliphatic rings. The number of fused-ring (bicyclic) bond motifs is 2. The Bertz CT molecular complexity index is 820. The largest absolute Gasteiger partial charge is 0.312 e. The minimum absolute atomic E-state index is 0.242. The van der Waals surface area contributed by atoms with Crippen molar-refractivity contribution < 1.29 is 14.4 Å². The first-order chi connectivity index (χ1) is 11.2. The van der Waals surface area contributed by atoms with Crippen LogP contribution in [-0.4, -0.2) is 34.9 Å². The maximum atomic E-state index is 13.1. The number of hydrazone groups is 1. The van der Waals surface area contributed by atoms with Crippen molar-refractivity contribution in [2.24, 2.45) is 5.10 Å². The van der Waals surface area contributed by atoms with Gasteiger partial charge in [0.2, 0.25) is 16.7 Å². The predicted octanol–water partition coefficient (Wildman–Crippen LogP) is 1.44. The normalized spacial score (nSPS) is 22.0. The summed E-state index contributed by atoms with van der Waals surface area (Å²) in [5.41, 5.74) is 3.45. The molecule has 0 bridgehead atoms. The third-order valence-corrected chi connectivity index (χ3v) is 5.29. The van der Waals surface area contributed by atoms with Crippen LogP contribution in [0.5, 0.6) is 0 Å². The molecule has 3 amide bonds. The number of carbonyl (C=O) groups excluding carboxylic acids is 3. The van der Waals surface area contributed by atoms with Gasteiger partial charge in [0, 0.05) is 26.5 Å². The van der Waals surface area contributed by atoms with E-state index < -0.39 is 4.87 Å². The standard InChI is InChI=1S/C16H18N4O3S/c1-8-6-9(2)13-12(7-8)16(14(23)19(13)5)20(11(4)22)18-15(24-16)17-10(3)21/h6-7H,1-5H3,(H,17,18,21)/t16-/m0/s1. The number of carbonyl (C=O) groups is 3. The van der Waals surface area contributed by atoms with Gasteiger partial charge >= 0.3 is 0 Å². The molecular formula is C16H18N4O3S. The van der Waals surface area contributed by atoms with E-state index in [4.69, 9.17) is 0 Å². The van der Waals surface area contributed by atoms with Gasteiger partial charge in [-0.2, -0.15) is 5.01 Å². The minimum atomic E-state index is -1.30. The van der Waals surface area contributed by atoms with E-state index in [1.54, 1.807) is 11.9 Å². The number of amides is 3. The maximum absolute atomic E-state index is 13.1. The zero-order valence-corrected chi connectivity index (χ0v) is 14.9. The van der Waals surface area contributed by atoms with Gasteiger partial charge in [0.1, 0.15) is 0 Å². The number of anilines is 1. The maximum Gasteiger partial charge on any atom is 0.270 e. The Morgan fingerprint density at radius 2 is 1.92 bits per heavy atom. The number of rotatable bonds is 0. The number of nitrogens with zero attached hydrogens (tertiary/aromatic N) is 3. The van der Waals surface area contributed by atoms with E-state index in [1.165, 1.54) is 18.9 Å². The zero-order chi connectivity index (χ0) is 17.8. The molecule has 0 aliphatic carbocycles. The first kappa shape index (κ1) is 16.5. The van der Waals surface area contributed by atoms with E-state index in [0.717, 1.165) is 34.1 Å². The Morgan fingerprint density at radius 1 is 1.25 bits per heavy atom. The molecule has 2 heterocycles. The number of aryl methyl sites for hydroxylation is 2. The third-order valence-electron chi connectivity index (χ3n) is 4.05. The van der Waals surface area contributed by atoms with Crippen molar-refractivity contribution in [3.8, 4) is 0 Å². The molecule has 8 heteroatoms.